The van der Waals surface area contributed by atoms with Gasteiger partial charge in [0.15, 0.2) is 0 Å². The molecule has 1 heterocycles. The lowest BCUT2D eigenvalue weighted by Crippen LogP contribution is -2.61. The molecule has 2 rings (SSSR count). The van der Waals surface area contributed by atoms with E-state index in [0.29, 0.717) is 6.04 Å². The van der Waals surface area contributed by atoms with Crippen LogP contribution in [0.25, 0.3) is 0 Å². The molecule has 0 spiro atoms. The molecule has 17 heavy (non-hydrogen) atoms. The first-order valence-corrected chi connectivity index (χ1v) is 7.33. The summed E-state index contributed by atoms with van der Waals surface area (Å²) in [5, 5.41) is 3.34. The van der Waals surface area contributed by atoms with Crippen molar-refractivity contribution in [1.82, 2.24) is 15.1 Å². The van der Waals surface area contributed by atoms with E-state index in [9.17, 15) is 0 Å². The van der Waals surface area contributed by atoms with Crippen LogP contribution in [0, 0.1) is 0 Å². The minimum absolute atomic E-state index is 0.693. The summed E-state index contributed by atoms with van der Waals surface area (Å²) >= 11 is 0. The lowest BCUT2D eigenvalue weighted by atomic mass is 9.91. The molecule has 0 aromatic carbocycles. The zero-order chi connectivity index (χ0) is 12.3. The Bertz CT molecular complexity index is 226. The highest BCUT2D eigenvalue weighted by Crippen LogP contribution is 2.26. The zero-order valence-electron chi connectivity index (χ0n) is 11.8. The van der Waals surface area contributed by atoms with E-state index in [1.165, 1.54) is 45.2 Å². The fraction of sp³-hybridized carbons (Fsp3) is 1.00. The maximum atomic E-state index is 3.34. The number of nitrogens with one attached hydrogen (secondary N) is 1. The summed E-state index contributed by atoms with van der Waals surface area (Å²) in [4.78, 5) is 5.32. The van der Waals surface area contributed by atoms with Gasteiger partial charge >= 0.3 is 0 Å². The van der Waals surface area contributed by atoms with E-state index in [2.05, 4.69) is 36.1 Å². The number of hydrogen-bond acceptors (Lipinski definition) is 3. The topological polar surface area (TPSA) is 18.5 Å². The van der Waals surface area contributed by atoms with Crippen molar-refractivity contribution in [2.75, 3.05) is 33.7 Å². The van der Waals surface area contributed by atoms with E-state index in [1.807, 2.05) is 0 Å². The molecule has 1 saturated carbocycles. The highest BCUT2D eigenvalue weighted by molar-refractivity contribution is 4.90. The summed E-state index contributed by atoms with van der Waals surface area (Å²) in [6.45, 7) is 6.00. The fourth-order valence-electron chi connectivity index (χ4n) is 3.61. The average molecular weight is 239 g/mol. The van der Waals surface area contributed by atoms with E-state index >= 15 is 0 Å². The lowest BCUT2D eigenvalue weighted by molar-refractivity contribution is 0.0115. The minimum Gasteiger partial charge on any atom is -0.318 e. The molecular weight excluding hydrogens is 210 g/mol. The molecule has 3 nitrogen and oxygen atoms in total. The largest absolute Gasteiger partial charge is 0.318 e. The van der Waals surface area contributed by atoms with Crippen LogP contribution in [0.15, 0.2) is 0 Å². The van der Waals surface area contributed by atoms with Crippen LogP contribution in [0.1, 0.15) is 39.0 Å². The third-order valence-electron chi connectivity index (χ3n) is 4.65. The highest BCUT2D eigenvalue weighted by Gasteiger charge is 2.33. The van der Waals surface area contributed by atoms with Gasteiger partial charge in [-0.2, -0.15) is 0 Å². The van der Waals surface area contributed by atoms with Gasteiger partial charge in [-0.05, 0) is 33.9 Å². The van der Waals surface area contributed by atoms with Crippen LogP contribution in [0.2, 0.25) is 0 Å². The molecule has 1 aliphatic carbocycles. The second-order valence-corrected chi connectivity index (χ2v) is 5.99. The van der Waals surface area contributed by atoms with Gasteiger partial charge in [0, 0.05) is 37.8 Å². The first-order chi connectivity index (χ1) is 8.22. The summed E-state index contributed by atoms with van der Waals surface area (Å²) in [6.07, 6.45) is 7.21. The molecule has 3 heteroatoms. The smallest absolute Gasteiger partial charge is 0.0345 e. The highest BCUT2D eigenvalue weighted by atomic mass is 15.3. The van der Waals surface area contributed by atoms with Crippen LogP contribution in [0.3, 0.4) is 0 Å². The molecule has 2 fully saturated rings. The Balaban J connectivity index is 1.95. The second-order valence-electron chi connectivity index (χ2n) is 5.99. The monoisotopic (exact) mass is 239 g/mol. The van der Waals surface area contributed by atoms with Crippen LogP contribution in [-0.4, -0.2) is 61.7 Å². The SMILES string of the molecule is CNCC1CN(C2CCCCC2)C(C)CN1C. The second kappa shape index (κ2) is 6.17. The first-order valence-electron chi connectivity index (χ1n) is 7.33. The predicted molar refractivity (Wildman–Crippen MR) is 73.4 cm³/mol. The third-order valence-corrected chi connectivity index (χ3v) is 4.65. The Hall–Kier alpha value is -0.120. The van der Waals surface area contributed by atoms with Gasteiger partial charge in [-0.3, -0.25) is 9.80 Å². The van der Waals surface area contributed by atoms with Gasteiger partial charge in [0.05, 0.1) is 0 Å². The van der Waals surface area contributed by atoms with E-state index in [1.54, 1.807) is 0 Å². The van der Waals surface area contributed by atoms with Crippen molar-refractivity contribution < 1.29 is 0 Å². The third kappa shape index (κ3) is 3.21. The van der Waals surface area contributed by atoms with Crippen LogP contribution in [-0.2, 0) is 0 Å². The molecule has 1 saturated heterocycles. The fourth-order valence-corrected chi connectivity index (χ4v) is 3.61. The molecule has 0 amide bonds. The van der Waals surface area contributed by atoms with Gasteiger partial charge < -0.3 is 5.32 Å². The Kier molecular flexibility index (Phi) is 4.83. The Morgan fingerprint density at radius 2 is 1.82 bits per heavy atom. The molecule has 0 radical (unpaired) electrons. The summed E-state index contributed by atoms with van der Waals surface area (Å²) < 4.78 is 0. The average Bonchev–Trinajstić information content (AvgIpc) is 2.34. The molecule has 1 N–H and O–H groups in total. The quantitative estimate of drug-likeness (QED) is 0.806. The molecule has 0 aromatic heterocycles. The molecule has 2 aliphatic rings. The van der Waals surface area contributed by atoms with Gasteiger partial charge in [0.25, 0.3) is 0 Å². The Morgan fingerprint density at radius 3 is 2.47 bits per heavy atom. The molecule has 2 unspecified atom stereocenters. The van der Waals surface area contributed by atoms with Crippen LogP contribution >= 0.6 is 0 Å². The van der Waals surface area contributed by atoms with Crippen molar-refractivity contribution >= 4 is 0 Å². The molecule has 0 bridgehead atoms. The van der Waals surface area contributed by atoms with Crippen molar-refractivity contribution in [3.63, 3.8) is 0 Å². The van der Waals surface area contributed by atoms with Crippen LogP contribution in [0.4, 0.5) is 0 Å². The molecule has 1 aliphatic heterocycles. The molecule has 100 valence electrons. The van der Waals surface area contributed by atoms with Crippen molar-refractivity contribution in [3.05, 3.63) is 0 Å². The minimum atomic E-state index is 0.693. The van der Waals surface area contributed by atoms with Gasteiger partial charge in [-0.1, -0.05) is 19.3 Å². The van der Waals surface area contributed by atoms with Gasteiger partial charge in [0.1, 0.15) is 0 Å². The van der Waals surface area contributed by atoms with E-state index in [4.69, 9.17) is 0 Å². The standard InChI is InChI=1S/C14H29N3/c1-12-10-16(3)14(9-15-2)11-17(12)13-7-5-4-6-8-13/h12-15H,4-11H2,1-3H3. The van der Waals surface area contributed by atoms with Crippen LogP contribution < -0.4 is 5.32 Å². The lowest BCUT2D eigenvalue weighted by Gasteiger charge is -2.48. The summed E-state index contributed by atoms with van der Waals surface area (Å²) in [7, 11) is 4.34. The maximum absolute atomic E-state index is 3.34. The normalized spacial score (nSPS) is 34.1. The Labute approximate surface area is 107 Å². The summed E-state index contributed by atoms with van der Waals surface area (Å²) in [5.41, 5.74) is 0. The van der Waals surface area contributed by atoms with Crippen molar-refractivity contribution in [2.45, 2.75) is 57.2 Å². The summed E-state index contributed by atoms with van der Waals surface area (Å²) in [6, 6.07) is 2.29. The van der Waals surface area contributed by atoms with Crippen LogP contribution in [0.5, 0.6) is 0 Å². The first kappa shape index (κ1) is 13.3. The number of likely N-dealkylation sites (N-methyl/N-ethyl adjacent to an activating group) is 2. The van der Waals surface area contributed by atoms with Crippen molar-refractivity contribution in [2.24, 2.45) is 0 Å². The van der Waals surface area contributed by atoms with Gasteiger partial charge in [-0.25, -0.2) is 0 Å². The van der Waals surface area contributed by atoms with E-state index < -0.39 is 0 Å². The number of hydrogen-bond donors (Lipinski definition) is 1. The van der Waals surface area contributed by atoms with Crippen molar-refractivity contribution in [1.29, 1.82) is 0 Å². The molecule has 2 atom stereocenters. The zero-order valence-corrected chi connectivity index (χ0v) is 11.8. The van der Waals surface area contributed by atoms with Crippen molar-refractivity contribution in [3.8, 4) is 0 Å². The number of rotatable bonds is 3. The van der Waals surface area contributed by atoms with Gasteiger partial charge in [0.2, 0.25) is 0 Å². The Morgan fingerprint density at radius 1 is 1.12 bits per heavy atom. The van der Waals surface area contributed by atoms with E-state index in [-0.39, 0.29) is 0 Å². The molecule has 0 aromatic rings. The number of piperazine rings is 1. The number of nitrogens with zero attached hydrogens (tertiary/aromatic N) is 2. The molecular formula is C14H29N3. The summed E-state index contributed by atoms with van der Waals surface area (Å²) in [5.74, 6) is 0. The van der Waals surface area contributed by atoms with Gasteiger partial charge in [-0.15, -0.1) is 0 Å². The maximum Gasteiger partial charge on any atom is 0.0345 e. The predicted octanol–water partition coefficient (Wildman–Crippen LogP) is 1.54. The van der Waals surface area contributed by atoms with E-state index in [0.717, 1.165) is 18.6 Å².